The first-order chi connectivity index (χ1) is 6.74. The van der Waals surface area contributed by atoms with Crippen LogP contribution in [0.25, 0.3) is 10.9 Å². The average Bonchev–Trinajstić information content (AvgIpc) is 2.56. The molecule has 75 valence electrons. The number of hydrogen-bond donors (Lipinski definition) is 1. The van der Waals surface area contributed by atoms with Crippen LogP contribution in [0.5, 0.6) is 0 Å². The van der Waals surface area contributed by atoms with Crippen molar-refractivity contribution in [1.29, 1.82) is 0 Å². The molecule has 0 bridgehead atoms. The van der Waals surface area contributed by atoms with E-state index in [1.54, 1.807) is 0 Å². The molecule has 4 heteroatoms. The molecule has 0 saturated carbocycles. The van der Waals surface area contributed by atoms with Crippen LogP contribution in [0.2, 0.25) is 0 Å². The monoisotopic (exact) mass is 444 g/mol. The van der Waals surface area contributed by atoms with E-state index in [9.17, 15) is 0 Å². The molecule has 0 aliphatic heterocycles. The van der Waals surface area contributed by atoms with Gasteiger partial charge in [-0.2, -0.15) is 0 Å². The van der Waals surface area contributed by atoms with Crippen molar-refractivity contribution >= 4 is 14.9 Å². The van der Waals surface area contributed by atoms with Crippen LogP contribution in [0.1, 0.15) is 5.69 Å². The van der Waals surface area contributed by atoms with Gasteiger partial charge in [0.1, 0.15) is 0 Å². The SMILES string of the molecule is [CH2-]n1c([C](=[W])NC)cc2ccccc21.[Y]. The van der Waals surface area contributed by atoms with E-state index in [0.717, 1.165) is 0 Å². The van der Waals surface area contributed by atoms with Gasteiger partial charge in [0.05, 0.1) is 0 Å². The van der Waals surface area contributed by atoms with Crippen LogP contribution < -0.4 is 5.32 Å². The topological polar surface area (TPSA) is 17.0 Å². The predicted molar refractivity (Wildman–Crippen MR) is 55.9 cm³/mol. The molecular formula is C11H11N2WY-. The smallest absolute Gasteiger partial charge is 0 e. The number of hydrogen-bond acceptors (Lipinski definition) is 1. The molecule has 15 heavy (non-hydrogen) atoms. The summed E-state index contributed by atoms with van der Waals surface area (Å²) in [6.07, 6.45) is 0. The van der Waals surface area contributed by atoms with E-state index >= 15 is 0 Å². The van der Waals surface area contributed by atoms with Crippen LogP contribution in [0.15, 0.2) is 30.3 Å². The largest absolute Gasteiger partial charge is 0 e. The number of fused-ring (bicyclic) bond motifs is 1. The van der Waals surface area contributed by atoms with E-state index in [1.807, 2.05) is 23.7 Å². The Morgan fingerprint density at radius 2 is 2.07 bits per heavy atom. The summed E-state index contributed by atoms with van der Waals surface area (Å²) >= 11 is 1.43. The van der Waals surface area contributed by atoms with Crippen molar-refractivity contribution in [2.75, 3.05) is 7.05 Å². The van der Waals surface area contributed by atoms with Crippen molar-refractivity contribution < 1.29 is 52.1 Å². The third kappa shape index (κ3) is 2.50. The van der Waals surface area contributed by atoms with Gasteiger partial charge in [0.2, 0.25) is 0 Å². The average molecular weight is 444 g/mol. The fraction of sp³-hybridized carbons (Fsp3) is 0.0909. The number of rotatable bonds is 2. The molecule has 1 heterocycles. The molecule has 1 N–H and O–H groups in total. The molecule has 0 aliphatic rings. The number of aromatic nitrogens is 1. The minimum absolute atomic E-state index is 0. The summed E-state index contributed by atoms with van der Waals surface area (Å²) in [6.45, 7) is 0. The van der Waals surface area contributed by atoms with Crippen molar-refractivity contribution in [3.63, 3.8) is 0 Å². The molecule has 2 rings (SSSR count). The number of nitrogens with one attached hydrogen (secondary N) is 1. The number of para-hydroxylation sites is 1. The standard InChI is InChI=1S/C11H11N2.W.Y/c1-12-8-10-7-9-5-3-4-6-11(9)13(10)2;;/h3-7,12H,2H2,1H3;;/q-1;;. The van der Waals surface area contributed by atoms with Crippen molar-refractivity contribution in [3.05, 3.63) is 43.1 Å². The Kier molecular flexibility index (Phi) is 4.92. The van der Waals surface area contributed by atoms with Gasteiger partial charge in [0.25, 0.3) is 0 Å². The summed E-state index contributed by atoms with van der Waals surface area (Å²) in [4.78, 5) is 0. The van der Waals surface area contributed by atoms with Gasteiger partial charge in [0.15, 0.2) is 0 Å². The molecule has 0 amide bonds. The fourth-order valence-electron chi connectivity index (χ4n) is 1.53. The van der Waals surface area contributed by atoms with E-state index in [-0.39, 0.29) is 32.7 Å². The van der Waals surface area contributed by atoms with Crippen molar-refractivity contribution in [2.45, 2.75) is 0 Å². The fourth-order valence-corrected chi connectivity index (χ4v) is 2.13. The van der Waals surface area contributed by atoms with Crippen LogP contribution in [-0.4, -0.2) is 15.6 Å². The second kappa shape index (κ2) is 5.54. The summed E-state index contributed by atoms with van der Waals surface area (Å²) in [6, 6.07) is 10.5. The number of benzene rings is 1. The van der Waals surface area contributed by atoms with E-state index in [0.29, 0.717) is 0 Å². The first kappa shape index (κ1) is 13.3. The normalized spacial score (nSPS) is 9.93. The van der Waals surface area contributed by atoms with Crippen molar-refractivity contribution in [2.24, 2.45) is 0 Å². The Hall–Kier alpha value is 0.252. The first-order valence-corrected chi connectivity index (χ1v) is 5.84. The molecule has 1 aromatic heterocycles. The molecule has 0 aliphatic carbocycles. The molecular weight excluding hydrogens is 433 g/mol. The van der Waals surface area contributed by atoms with Gasteiger partial charge in [-0.25, -0.2) is 0 Å². The Morgan fingerprint density at radius 3 is 2.67 bits per heavy atom. The first-order valence-electron chi connectivity index (χ1n) is 4.37. The molecule has 1 radical (unpaired) electrons. The zero-order chi connectivity index (χ0) is 10.1. The predicted octanol–water partition coefficient (Wildman–Crippen LogP) is 1.52. The summed E-state index contributed by atoms with van der Waals surface area (Å²) in [7, 11) is 5.99. The molecule has 0 atom stereocenters. The summed E-state index contributed by atoms with van der Waals surface area (Å²) in [5.41, 5.74) is 2.35. The van der Waals surface area contributed by atoms with Gasteiger partial charge in [-0.05, 0) is 0 Å². The van der Waals surface area contributed by atoms with Crippen LogP contribution in [0, 0.1) is 7.05 Å². The summed E-state index contributed by atoms with van der Waals surface area (Å²) in [5.74, 6) is 0. The Balaban J connectivity index is 0.00000112. The molecule has 2 nitrogen and oxygen atoms in total. The summed E-state index contributed by atoms with van der Waals surface area (Å²) < 4.78 is 3.20. The molecule has 1 aromatic carbocycles. The number of nitrogens with zero attached hydrogens (tertiary/aromatic N) is 1. The zero-order valence-electron chi connectivity index (χ0n) is 8.53. The van der Waals surface area contributed by atoms with Crippen LogP contribution in [-0.2, 0) is 52.1 Å². The minimum Gasteiger partial charge on any atom is 0 e. The summed E-state index contributed by atoms with van der Waals surface area (Å²) in [5, 5.41) is 4.42. The van der Waals surface area contributed by atoms with E-state index in [2.05, 4.69) is 30.6 Å². The van der Waals surface area contributed by atoms with Gasteiger partial charge in [-0.15, -0.1) is 0 Å². The Morgan fingerprint density at radius 1 is 1.40 bits per heavy atom. The van der Waals surface area contributed by atoms with Gasteiger partial charge >= 0.3 is 94.3 Å². The van der Waals surface area contributed by atoms with Crippen molar-refractivity contribution in [3.8, 4) is 0 Å². The second-order valence-electron chi connectivity index (χ2n) is 3.10. The maximum Gasteiger partial charge on any atom is 0 e. The van der Waals surface area contributed by atoms with Gasteiger partial charge < -0.3 is 0 Å². The van der Waals surface area contributed by atoms with Gasteiger partial charge in [0, 0.05) is 32.7 Å². The van der Waals surface area contributed by atoms with E-state index in [4.69, 9.17) is 0 Å². The van der Waals surface area contributed by atoms with Crippen molar-refractivity contribution in [1.82, 2.24) is 9.88 Å². The van der Waals surface area contributed by atoms with Crippen LogP contribution in [0.3, 0.4) is 0 Å². The molecule has 0 unspecified atom stereocenters. The van der Waals surface area contributed by atoms with Crippen LogP contribution >= 0.6 is 0 Å². The zero-order valence-corrected chi connectivity index (χ0v) is 14.3. The Labute approximate surface area is 126 Å². The van der Waals surface area contributed by atoms with Gasteiger partial charge in [-0.3, -0.25) is 0 Å². The third-order valence-corrected chi connectivity index (χ3v) is 3.75. The molecule has 0 fully saturated rings. The van der Waals surface area contributed by atoms with Gasteiger partial charge in [-0.1, -0.05) is 0 Å². The second-order valence-corrected chi connectivity index (χ2v) is 4.56. The van der Waals surface area contributed by atoms with E-state index < -0.39 is 0 Å². The molecule has 0 saturated heterocycles. The molecule has 2 aromatic rings. The van der Waals surface area contributed by atoms with E-state index in [1.165, 1.54) is 40.0 Å². The third-order valence-electron chi connectivity index (χ3n) is 2.27. The quantitative estimate of drug-likeness (QED) is 0.696. The minimum atomic E-state index is 0. The maximum atomic E-state index is 4.05. The molecule has 0 spiro atoms. The Bertz CT molecular complexity index is 490. The maximum absolute atomic E-state index is 4.05. The van der Waals surface area contributed by atoms with Crippen LogP contribution in [0.4, 0.5) is 0 Å².